The molecule has 0 bridgehead atoms. The molecule has 0 amide bonds. The maximum atomic E-state index is 11.8. The standard InChI is InChI=1S/C19H27N5O2.HI/c1-3-26-18(25)14-9-12-24(13-10-14)19(20-2)21-11-8-17-22-15-6-4-5-7-16(15)23-17;/h4-7,14H,3,8-13H2,1-2H3,(H,20,21)(H,22,23);1H. The van der Waals surface area contributed by atoms with Crippen LogP contribution in [0.1, 0.15) is 25.6 Å². The zero-order chi connectivity index (χ0) is 18.4. The predicted octanol–water partition coefficient (Wildman–Crippen LogP) is 2.57. The van der Waals surface area contributed by atoms with Gasteiger partial charge in [-0.05, 0) is 31.9 Å². The highest BCUT2D eigenvalue weighted by atomic mass is 127. The van der Waals surface area contributed by atoms with Crippen LogP contribution in [0.2, 0.25) is 0 Å². The summed E-state index contributed by atoms with van der Waals surface area (Å²) in [4.78, 5) is 26.4. The van der Waals surface area contributed by atoms with Crippen molar-refractivity contribution >= 4 is 46.9 Å². The molecule has 1 aromatic heterocycles. The van der Waals surface area contributed by atoms with Gasteiger partial charge < -0.3 is 19.9 Å². The Labute approximate surface area is 177 Å². The molecule has 2 heterocycles. The molecular weight excluding hydrogens is 457 g/mol. The number of imidazole rings is 1. The highest BCUT2D eigenvalue weighted by Crippen LogP contribution is 2.18. The second kappa shape index (κ2) is 10.5. The van der Waals surface area contributed by atoms with Gasteiger partial charge in [-0.3, -0.25) is 9.79 Å². The van der Waals surface area contributed by atoms with Gasteiger partial charge in [0.25, 0.3) is 0 Å². The number of esters is 1. The van der Waals surface area contributed by atoms with E-state index >= 15 is 0 Å². The molecule has 0 unspecified atom stereocenters. The number of benzene rings is 1. The van der Waals surface area contributed by atoms with E-state index in [1.54, 1.807) is 7.05 Å². The SMILES string of the molecule is CCOC(=O)C1CCN(C(=NC)NCCc2nc3ccccc3[nH]2)CC1.I. The lowest BCUT2D eigenvalue weighted by Gasteiger charge is -2.33. The van der Waals surface area contributed by atoms with Gasteiger partial charge in [0.2, 0.25) is 0 Å². The third-order valence-electron chi connectivity index (χ3n) is 4.71. The number of para-hydroxylation sites is 2. The lowest BCUT2D eigenvalue weighted by atomic mass is 9.97. The zero-order valence-corrected chi connectivity index (χ0v) is 18.2. The molecule has 1 aliphatic rings. The fraction of sp³-hybridized carbons (Fsp3) is 0.526. The van der Waals surface area contributed by atoms with Gasteiger partial charge in [-0.25, -0.2) is 4.98 Å². The van der Waals surface area contributed by atoms with Crippen LogP contribution in [0.25, 0.3) is 11.0 Å². The van der Waals surface area contributed by atoms with Crippen LogP contribution >= 0.6 is 24.0 Å². The number of piperidine rings is 1. The number of H-pyrrole nitrogens is 1. The molecule has 0 spiro atoms. The molecule has 0 radical (unpaired) electrons. The number of aromatic amines is 1. The number of halogens is 1. The quantitative estimate of drug-likeness (QED) is 0.295. The van der Waals surface area contributed by atoms with E-state index in [4.69, 9.17) is 4.74 Å². The average molecular weight is 485 g/mol. The van der Waals surface area contributed by atoms with Crippen LogP contribution in [-0.4, -0.2) is 60.1 Å². The van der Waals surface area contributed by atoms with Gasteiger partial charge in [0.05, 0.1) is 23.6 Å². The number of fused-ring (bicyclic) bond motifs is 1. The number of ether oxygens (including phenoxy) is 1. The number of guanidine groups is 1. The van der Waals surface area contributed by atoms with Crippen molar-refractivity contribution in [3.8, 4) is 0 Å². The van der Waals surface area contributed by atoms with Crippen molar-refractivity contribution in [2.45, 2.75) is 26.2 Å². The molecule has 0 aliphatic carbocycles. The van der Waals surface area contributed by atoms with Crippen LogP contribution in [0, 0.1) is 5.92 Å². The summed E-state index contributed by atoms with van der Waals surface area (Å²) in [6.07, 6.45) is 2.42. The monoisotopic (exact) mass is 485 g/mol. The highest BCUT2D eigenvalue weighted by Gasteiger charge is 2.27. The second-order valence-corrected chi connectivity index (χ2v) is 6.44. The Morgan fingerprint density at radius 2 is 2.11 bits per heavy atom. The minimum atomic E-state index is -0.0695. The number of carbonyl (C=O) groups excluding carboxylic acids is 1. The molecule has 1 aliphatic heterocycles. The minimum Gasteiger partial charge on any atom is -0.466 e. The first-order valence-electron chi connectivity index (χ1n) is 9.27. The smallest absolute Gasteiger partial charge is 0.309 e. The van der Waals surface area contributed by atoms with E-state index in [9.17, 15) is 4.79 Å². The number of nitrogens with zero attached hydrogens (tertiary/aromatic N) is 3. The van der Waals surface area contributed by atoms with Crippen molar-refractivity contribution < 1.29 is 9.53 Å². The van der Waals surface area contributed by atoms with E-state index in [2.05, 4.69) is 25.2 Å². The fourth-order valence-electron chi connectivity index (χ4n) is 3.34. The van der Waals surface area contributed by atoms with E-state index in [0.29, 0.717) is 6.61 Å². The number of aliphatic imine (C=N–C) groups is 1. The molecule has 0 saturated carbocycles. The van der Waals surface area contributed by atoms with Gasteiger partial charge in [0.15, 0.2) is 5.96 Å². The van der Waals surface area contributed by atoms with E-state index < -0.39 is 0 Å². The van der Waals surface area contributed by atoms with Crippen molar-refractivity contribution in [3.05, 3.63) is 30.1 Å². The number of likely N-dealkylation sites (tertiary alicyclic amines) is 1. The molecule has 148 valence electrons. The Morgan fingerprint density at radius 1 is 1.37 bits per heavy atom. The van der Waals surface area contributed by atoms with Crippen molar-refractivity contribution in [2.24, 2.45) is 10.9 Å². The summed E-state index contributed by atoms with van der Waals surface area (Å²) in [5.41, 5.74) is 2.06. The van der Waals surface area contributed by atoms with Crippen molar-refractivity contribution in [1.82, 2.24) is 20.2 Å². The van der Waals surface area contributed by atoms with Crippen LogP contribution in [0.5, 0.6) is 0 Å². The molecule has 3 rings (SSSR count). The Morgan fingerprint density at radius 3 is 2.78 bits per heavy atom. The number of hydrogen-bond acceptors (Lipinski definition) is 4. The fourth-order valence-corrected chi connectivity index (χ4v) is 3.34. The van der Waals surface area contributed by atoms with Gasteiger partial charge in [-0.2, -0.15) is 0 Å². The van der Waals surface area contributed by atoms with Crippen LogP contribution in [0.4, 0.5) is 0 Å². The summed E-state index contributed by atoms with van der Waals surface area (Å²) in [7, 11) is 1.79. The van der Waals surface area contributed by atoms with Gasteiger partial charge in [-0.1, -0.05) is 12.1 Å². The Kier molecular flexibility index (Phi) is 8.33. The largest absolute Gasteiger partial charge is 0.466 e. The van der Waals surface area contributed by atoms with Crippen LogP contribution in [0.15, 0.2) is 29.3 Å². The lowest BCUT2D eigenvalue weighted by Crippen LogP contribution is -2.47. The van der Waals surface area contributed by atoms with E-state index in [0.717, 1.165) is 61.7 Å². The molecule has 27 heavy (non-hydrogen) atoms. The van der Waals surface area contributed by atoms with Crippen molar-refractivity contribution in [3.63, 3.8) is 0 Å². The predicted molar refractivity (Wildman–Crippen MR) is 118 cm³/mol. The lowest BCUT2D eigenvalue weighted by molar-refractivity contribution is -0.149. The summed E-state index contributed by atoms with van der Waals surface area (Å²) in [6.45, 7) is 4.68. The molecule has 1 saturated heterocycles. The molecular formula is C19H28IN5O2. The van der Waals surface area contributed by atoms with E-state index in [-0.39, 0.29) is 35.9 Å². The zero-order valence-electron chi connectivity index (χ0n) is 15.9. The summed E-state index contributed by atoms with van der Waals surface area (Å²) in [6, 6.07) is 8.04. The number of aromatic nitrogens is 2. The minimum absolute atomic E-state index is 0. The summed E-state index contributed by atoms with van der Waals surface area (Å²) >= 11 is 0. The first-order valence-corrected chi connectivity index (χ1v) is 9.27. The second-order valence-electron chi connectivity index (χ2n) is 6.44. The molecule has 2 aromatic rings. The van der Waals surface area contributed by atoms with Crippen LogP contribution in [0.3, 0.4) is 0 Å². The van der Waals surface area contributed by atoms with Crippen LogP contribution < -0.4 is 5.32 Å². The molecule has 1 aromatic carbocycles. The van der Waals surface area contributed by atoms with Gasteiger partial charge in [-0.15, -0.1) is 24.0 Å². The molecule has 2 N–H and O–H groups in total. The number of rotatable bonds is 5. The Bertz CT molecular complexity index is 735. The summed E-state index contributed by atoms with van der Waals surface area (Å²) < 4.78 is 5.13. The molecule has 8 heteroatoms. The molecule has 1 fully saturated rings. The first-order chi connectivity index (χ1) is 12.7. The third-order valence-corrected chi connectivity index (χ3v) is 4.71. The summed E-state index contributed by atoms with van der Waals surface area (Å²) in [5.74, 6) is 1.79. The molecule has 7 nitrogen and oxygen atoms in total. The topological polar surface area (TPSA) is 82.6 Å². The van der Waals surface area contributed by atoms with E-state index in [1.807, 2.05) is 31.2 Å². The number of carbonyl (C=O) groups is 1. The maximum absolute atomic E-state index is 11.8. The van der Waals surface area contributed by atoms with Gasteiger partial charge in [0, 0.05) is 33.1 Å². The molecule has 0 atom stereocenters. The maximum Gasteiger partial charge on any atom is 0.309 e. The van der Waals surface area contributed by atoms with Crippen molar-refractivity contribution in [2.75, 3.05) is 33.3 Å². The Balaban J connectivity index is 0.00000261. The van der Waals surface area contributed by atoms with Gasteiger partial charge in [0.1, 0.15) is 5.82 Å². The first kappa shape index (κ1) is 21.5. The normalized spacial score (nSPS) is 15.5. The highest BCUT2D eigenvalue weighted by molar-refractivity contribution is 14.0. The summed E-state index contributed by atoms with van der Waals surface area (Å²) in [5, 5.41) is 3.40. The van der Waals surface area contributed by atoms with E-state index in [1.165, 1.54) is 0 Å². The average Bonchev–Trinajstić information content (AvgIpc) is 3.08. The van der Waals surface area contributed by atoms with Crippen LogP contribution in [-0.2, 0) is 16.0 Å². The Hall–Kier alpha value is -1.84. The number of nitrogens with one attached hydrogen (secondary N) is 2. The number of hydrogen-bond donors (Lipinski definition) is 2. The van der Waals surface area contributed by atoms with Gasteiger partial charge >= 0.3 is 5.97 Å². The van der Waals surface area contributed by atoms with Crippen molar-refractivity contribution in [1.29, 1.82) is 0 Å². The third kappa shape index (κ3) is 5.57.